The highest BCUT2D eigenvalue weighted by molar-refractivity contribution is 7.80. The molecule has 0 radical (unpaired) electrons. The highest BCUT2D eigenvalue weighted by Gasteiger charge is 2.31. The molecule has 7 heteroatoms. The standard InChI is InChI=1S/C14H16N2O4S/c1-4-13-15-12(14(2,3)20-21(17,18)19)10-16(13)11-8-6-5-7-9-11/h4-10H,1H2,2-3H3,(H,17,18,19). The van der Waals surface area contributed by atoms with Crippen LogP contribution in [0.25, 0.3) is 11.8 Å². The molecule has 0 unspecified atom stereocenters. The molecule has 1 heterocycles. The summed E-state index contributed by atoms with van der Waals surface area (Å²) in [5.41, 5.74) is -0.0848. The van der Waals surface area contributed by atoms with Crippen LogP contribution in [0.4, 0.5) is 0 Å². The first-order valence-electron chi connectivity index (χ1n) is 6.19. The predicted octanol–water partition coefficient (Wildman–Crippen LogP) is 2.57. The molecule has 21 heavy (non-hydrogen) atoms. The average Bonchev–Trinajstić information content (AvgIpc) is 2.82. The van der Waals surface area contributed by atoms with E-state index < -0.39 is 16.0 Å². The van der Waals surface area contributed by atoms with Crippen LogP contribution in [0.3, 0.4) is 0 Å². The van der Waals surface area contributed by atoms with E-state index in [1.165, 1.54) is 13.8 Å². The average molecular weight is 308 g/mol. The molecule has 2 rings (SSSR count). The molecule has 1 N–H and O–H groups in total. The van der Waals surface area contributed by atoms with Gasteiger partial charge < -0.3 is 0 Å². The Hall–Kier alpha value is -1.96. The van der Waals surface area contributed by atoms with Crippen LogP contribution >= 0.6 is 0 Å². The van der Waals surface area contributed by atoms with E-state index in [0.717, 1.165) is 5.69 Å². The Kier molecular flexibility index (Phi) is 3.99. The minimum atomic E-state index is -4.58. The van der Waals surface area contributed by atoms with Crippen molar-refractivity contribution in [3.63, 3.8) is 0 Å². The van der Waals surface area contributed by atoms with Gasteiger partial charge in [-0.1, -0.05) is 24.8 Å². The van der Waals surface area contributed by atoms with Gasteiger partial charge in [0.2, 0.25) is 0 Å². The molecule has 0 aliphatic carbocycles. The van der Waals surface area contributed by atoms with E-state index in [2.05, 4.69) is 15.7 Å². The Morgan fingerprint density at radius 1 is 1.33 bits per heavy atom. The van der Waals surface area contributed by atoms with E-state index in [0.29, 0.717) is 11.5 Å². The number of nitrogens with zero attached hydrogens (tertiary/aromatic N) is 2. The molecule has 112 valence electrons. The zero-order valence-electron chi connectivity index (χ0n) is 11.7. The lowest BCUT2D eigenvalue weighted by atomic mass is 10.1. The largest absolute Gasteiger partial charge is 0.398 e. The zero-order valence-corrected chi connectivity index (χ0v) is 12.5. The molecule has 0 aliphatic heterocycles. The minimum absolute atomic E-state index is 0.360. The molecule has 0 saturated heterocycles. The van der Waals surface area contributed by atoms with Gasteiger partial charge in [0, 0.05) is 11.9 Å². The summed E-state index contributed by atoms with van der Waals surface area (Å²) in [4.78, 5) is 4.31. The van der Waals surface area contributed by atoms with E-state index in [1.54, 1.807) is 16.8 Å². The van der Waals surface area contributed by atoms with Gasteiger partial charge in [0.1, 0.15) is 11.4 Å². The summed E-state index contributed by atoms with van der Waals surface area (Å²) >= 11 is 0. The zero-order chi connectivity index (χ0) is 15.7. The number of hydrogen-bond acceptors (Lipinski definition) is 4. The van der Waals surface area contributed by atoms with Crippen molar-refractivity contribution in [1.29, 1.82) is 0 Å². The van der Waals surface area contributed by atoms with Crippen molar-refractivity contribution in [2.75, 3.05) is 0 Å². The second-order valence-corrected chi connectivity index (χ2v) is 5.94. The van der Waals surface area contributed by atoms with Gasteiger partial charge in [-0.3, -0.25) is 9.12 Å². The predicted molar refractivity (Wildman–Crippen MR) is 79.3 cm³/mol. The van der Waals surface area contributed by atoms with Crippen LogP contribution in [-0.2, 0) is 20.2 Å². The molecule has 6 nitrogen and oxygen atoms in total. The molecular formula is C14H16N2O4S. The van der Waals surface area contributed by atoms with Crippen LogP contribution < -0.4 is 0 Å². The van der Waals surface area contributed by atoms with E-state index in [-0.39, 0.29) is 0 Å². The molecule has 0 atom stereocenters. The van der Waals surface area contributed by atoms with Gasteiger partial charge in [-0.15, -0.1) is 0 Å². The van der Waals surface area contributed by atoms with Crippen molar-refractivity contribution in [3.05, 3.63) is 54.6 Å². The fourth-order valence-corrected chi connectivity index (χ4v) is 2.54. The fraction of sp³-hybridized carbons (Fsp3) is 0.214. The number of imidazole rings is 1. The van der Waals surface area contributed by atoms with Crippen molar-refractivity contribution in [1.82, 2.24) is 9.55 Å². The number of para-hydroxylation sites is 1. The third kappa shape index (κ3) is 3.57. The van der Waals surface area contributed by atoms with Gasteiger partial charge in [-0.25, -0.2) is 9.17 Å². The van der Waals surface area contributed by atoms with Crippen LogP contribution in [0.1, 0.15) is 25.4 Å². The topological polar surface area (TPSA) is 81.4 Å². The smallest absolute Gasteiger partial charge is 0.300 e. The molecule has 2 aromatic rings. The number of rotatable bonds is 5. The first kappa shape index (κ1) is 15.4. The fourth-order valence-electron chi connectivity index (χ4n) is 1.93. The summed E-state index contributed by atoms with van der Waals surface area (Å²) in [5.74, 6) is 0.545. The van der Waals surface area contributed by atoms with Crippen LogP contribution in [-0.4, -0.2) is 22.5 Å². The molecular weight excluding hydrogens is 292 g/mol. The van der Waals surface area contributed by atoms with Gasteiger partial charge in [-0.2, -0.15) is 8.42 Å². The number of aromatic nitrogens is 2. The summed E-state index contributed by atoms with van der Waals surface area (Å²) in [5, 5.41) is 0. The van der Waals surface area contributed by atoms with Crippen molar-refractivity contribution in [3.8, 4) is 5.69 Å². The Balaban J connectivity index is 2.49. The maximum Gasteiger partial charge on any atom is 0.398 e. The number of hydrogen-bond donors (Lipinski definition) is 1. The van der Waals surface area contributed by atoms with Crippen LogP contribution in [0, 0.1) is 0 Å². The Labute approximate surface area is 123 Å². The van der Waals surface area contributed by atoms with Crippen molar-refractivity contribution in [2.45, 2.75) is 19.4 Å². The molecule has 1 aromatic carbocycles. The minimum Gasteiger partial charge on any atom is -0.300 e. The second kappa shape index (κ2) is 5.44. The molecule has 0 spiro atoms. The maximum atomic E-state index is 10.9. The Morgan fingerprint density at radius 3 is 2.48 bits per heavy atom. The second-order valence-electron chi connectivity index (χ2n) is 4.92. The van der Waals surface area contributed by atoms with Gasteiger partial charge in [-0.05, 0) is 32.1 Å². The van der Waals surface area contributed by atoms with E-state index >= 15 is 0 Å². The van der Waals surface area contributed by atoms with Crippen LogP contribution in [0.5, 0.6) is 0 Å². The normalized spacial score (nSPS) is 12.3. The SMILES string of the molecule is C=Cc1nc(C(C)(C)OS(=O)(=O)O)cn1-c1ccccc1. The molecule has 0 saturated carbocycles. The van der Waals surface area contributed by atoms with Crippen molar-refractivity contribution >= 4 is 16.5 Å². The lowest BCUT2D eigenvalue weighted by Crippen LogP contribution is -2.25. The Morgan fingerprint density at radius 2 is 1.95 bits per heavy atom. The summed E-state index contributed by atoms with van der Waals surface area (Å²) in [6.07, 6.45) is 3.21. The highest BCUT2D eigenvalue weighted by Crippen LogP contribution is 2.27. The quantitative estimate of drug-likeness (QED) is 0.859. The van der Waals surface area contributed by atoms with Gasteiger partial charge in [0.05, 0.1) is 5.69 Å². The summed E-state index contributed by atoms with van der Waals surface area (Å²) in [6.45, 7) is 6.71. The third-order valence-electron chi connectivity index (χ3n) is 2.88. The van der Waals surface area contributed by atoms with Crippen LogP contribution in [0.2, 0.25) is 0 Å². The van der Waals surface area contributed by atoms with E-state index in [4.69, 9.17) is 4.55 Å². The Bertz CT molecular complexity index is 749. The third-order valence-corrected chi connectivity index (χ3v) is 3.51. The van der Waals surface area contributed by atoms with E-state index in [1.807, 2.05) is 30.3 Å². The van der Waals surface area contributed by atoms with Gasteiger partial charge >= 0.3 is 10.4 Å². The van der Waals surface area contributed by atoms with Gasteiger partial charge in [0.15, 0.2) is 0 Å². The molecule has 0 fully saturated rings. The van der Waals surface area contributed by atoms with Gasteiger partial charge in [0.25, 0.3) is 0 Å². The molecule has 0 amide bonds. The highest BCUT2D eigenvalue weighted by atomic mass is 32.3. The molecule has 1 aromatic heterocycles. The number of benzene rings is 1. The van der Waals surface area contributed by atoms with E-state index in [9.17, 15) is 8.42 Å². The summed E-state index contributed by atoms with van der Waals surface area (Å²) in [7, 11) is -4.58. The first-order valence-corrected chi connectivity index (χ1v) is 7.55. The summed E-state index contributed by atoms with van der Waals surface area (Å²) < 4.78 is 37.2. The van der Waals surface area contributed by atoms with Crippen molar-refractivity contribution < 1.29 is 17.2 Å². The lowest BCUT2D eigenvalue weighted by molar-refractivity contribution is 0.0944. The van der Waals surface area contributed by atoms with Crippen LogP contribution in [0.15, 0.2) is 43.1 Å². The monoisotopic (exact) mass is 308 g/mol. The molecule has 0 aliphatic rings. The summed E-state index contributed by atoms with van der Waals surface area (Å²) in [6, 6.07) is 9.41. The first-order chi connectivity index (χ1) is 9.73. The molecule has 0 bridgehead atoms. The maximum absolute atomic E-state index is 10.9. The lowest BCUT2D eigenvalue weighted by Gasteiger charge is -2.19. The van der Waals surface area contributed by atoms with Crippen molar-refractivity contribution in [2.24, 2.45) is 0 Å².